The normalized spacial score (nSPS) is 12.8. The standard InChI is InChI=1S/C16H13Cl2NO/c1-9-7-11(17)5-6-12(9)15(19)14-8-10-3-2-4-13(18)16(10)20-14/h2-8,15H,19H2,1H3. The van der Waals surface area contributed by atoms with E-state index >= 15 is 0 Å². The number of rotatable bonds is 2. The Kier molecular flexibility index (Phi) is 3.47. The van der Waals surface area contributed by atoms with Crippen LogP contribution in [0.25, 0.3) is 11.0 Å². The number of furan rings is 1. The summed E-state index contributed by atoms with van der Waals surface area (Å²) in [5, 5.41) is 2.24. The first-order valence-corrected chi connectivity index (χ1v) is 7.01. The molecule has 1 unspecified atom stereocenters. The molecule has 0 aliphatic rings. The fourth-order valence-electron chi connectivity index (χ4n) is 2.34. The molecule has 2 aromatic carbocycles. The molecular formula is C16H13Cl2NO. The van der Waals surface area contributed by atoms with Gasteiger partial charge in [0.25, 0.3) is 0 Å². The molecule has 3 rings (SSSR count). The number of nitrogens with two attached hydrogens (primary N) is 1. The fourth-order valence-corrected chi connectivity index (χ4v) is 2.79. The van der Waals surface area contributed by atoms with Gasteiger partial charge in [-0.2, -0.15) is 0 Å². The van der Waals surface area contributed by atoms with Gasteiger partial charge in [-0.05, 0) is 42.3 Å². The minimum atomic E-state index is -0.337. The van der Waals surface area contributed by atoms with Crippen LogP contribution >= 0.6 is 23.2 Å². The molecule has 0 radical (unpaired) electrons. The van der Waals surface area contributed by atoms with Crippen molar-refractivity contribution in [3.05, 3.63) is 69.4 Å². The van der Waals surface area contributed by atoms with Crippen molar-refractivity contribution >= 4 is 34.2 Å². The first-order chi connectivity index (χ1) is 9.56. The Bertz CT molecular complexity index is 779. The molecular weight excluding hydrogens is 293 g/mol. The maximum absolute atomic E-state index is 6.30. The second kappa shape index (κ2) is 5.13. The van der Waals surface area contributed by atoms with Crippen molar-refractivity contribution in [1.82, 2.24) is 0 Å². The van der Waals surface area contributed by atoms with Crippen LogP contribution in [0.15, 0.2) is 46.9 Å². The summed E-state index contributed by atoms with van der Waals surface area (Å²) in [5.74, 6) is 0.693. The van der Waals surface area contributed by atoms with Crippen LogP contribution in [0, 0.1) is 6.92 Å². The number of fused-ring (bicyclic) bond motifs is 1. The SMILES string of the molecule is Cc1cc(Cl)ccc1C(N)c1cc2cccc(Cl)c2o1. The van der Waals surface area contributed by atoms with Crippen LogP contribution in [0.3, 0.4) is 0 Å². The van der Waals surface area contributed by atoms with Gasteiger partial charge in [-0.25, -0.2) is 0 Å². The van der Waals surface area contributed by atoms with E-state index in [-0.39, 0.29) is 6.04 Å². The van der Waals surface area contributed by atoms with Crippen LogP contribution < -0.4 is 5.73 Å². The average molecular weight is 306 g/mol. The summed E-state index contributed by atoms with van der Waals surface area (Å²) >= 11 is 12.1. The Balaban J connectivity index is 2.08. The average Bonchev–Trinajstić information content (AvgIpc) is 2.83. The summed E-state index contributed by atoms with van der Waals surface area (Å²) in [6, 6.07) is 12.9. The number of aryl methyl sites for hydroxylation is 1. The molecule has 2 N–H and O–H groups in total. The summed E-state index contributed by atoms with van der Waals surface area (Å²) in [6.45, 7) is 1.98. The molecule has 1 heterocycles. The lowest BCUT2D eigenvalue weighted by molar-refractivity contribution is 0.524. The Morgan fingerprint density at radius 1 is 1.10 bits per heavy atom. The van der Waals surface area contributed by atoms with Crippen molar-refractivity contribution in [2.75, 3.05) is 0 Å². The number of hydrogen-bond donors (Lipinski definition) is 1. The molecule has 0 fully saturated rings. The molecule has 0 bridgehead atoms. The maximum Gasteiger partial charge on any atom is 0.152 e. The van der Waals surface area contributed by atoms with E-state index in [1.807, 2.05) is 43.3 Å². The first-order valence-electron chi connectivity index (χ1n) is 6.26. The molecule has 102 valence electrons. The predicted octanol–water partition coefficient (Wildman–Crippen LogP) is 5.10. The third-order valence-electron chi connectivity index (χ3n) is 3.39. The highest BCUT2D eigenvalue weighted by atomic mass is 35.5. The van der Waals surface area contributed by atoms with E-state index in [1.54, 1.807) is 6.07 Å². The van der Waals surface area contributed by atoms with Gasteiger partial charge in [0.15, 0.2) is 5.58 Å². The van der Waals surface area contributed by atoms with E-state index in [1.165, 1.54) is 0 Å². The molecule has 2 nitrogen and oxygen atoms in total. The number of halogens is 2. The second-order valence-electron chi connectivity index (χ2n) is 4.79. The molecule has 0 aliphatic heterocycles. The van der Waals surface area contributed by atoms with Gasteiger partial charge in [-0.15, -0.1) is 0 Å². The van der Waals surface area contributed by atoms with Gasteiger partial charge in [0.05, 0.1) is 11.1 Å². The topological polar surface area (TPSA) is 39.2 Å². The number of hydrogen-bond acceptors (Lipinski definition) is 2. The number of benzene rings is 2. The van der Waals surface area contributed by atoms with Crippen molar-refractivity contribution in [3.63, 3.8) is 0 Å². The smallest absolute Gasteiger partial charge is 0.152 e. The Labute approximate surface area is 127 Å². The van der Waals surface area contributed by atoms with Crippen LogP contribution in [0.2, 0.25) is 10.0 Å². The monoisotopic (exact) mass is 305 g/mol. The second-order valence-corrected chi connectivity index (χ2v) is 5.63. The van der Waals surface area contributed by atoms with E-state index < -0.39 is 0 Å². The van der Waals surface area contributed by atoms with E-state index in [9.17, 15) is 0 Å². The van der Waals surface area contributed by atoms with Gasteiger partial charge in [-0.1, -0.05) is 41.4 Å². The molecule has 20 heavy (non-hydrogen) atoms. The van der Waals surface area contributed by atoms with Crippen molar-refractivity contribution in [2.45, 2.75) is 13.0 Å². The molecule has 0 saturated carbocycles. The van der Waals surface area contributed by atoms with Crippen LogP contribution in [-0.2, 0) is 0 Å². The molecule has 0 amide bonds. The third kappa shape index (κ3) is 2.31. The molecule has 1 aromatic heterocycles. The van der Waals surface area contributed by atoms with Crippen molar-refractivity contribution in [3.8, 4) is 0 Å². The Morgan fingerprint density at radius 2 is 1.90 bits per heavy atom. The molecule has 1 atom stereocenters. The van der Waals surface area contributed by atoms with E-state index in [0.29, 0.717) is 21.4 Å². The lowest BCUT2D eigenvalue weighted by atomic mass is 10.00. The van der Waals surface area contributed by atoms with Gasteiger partial charge >= 0.3 is 0 Å². The van der Waals surface area contributed by atoms with Crippen molar-refractivity contribution < 1.29 is 4.42 Å². The van der Waals surface area contributed by atoms with Gasteiger partial charge < -0.3 is 10.2 Å². The van der Waals surface area contributed by atoms with E-state index in [4.69, 9.17) is 33.4 Å². The van der Waals surface area contributed by atoms with Crippen molar-refractivity contribution in [1.29, 1.82) is 0 Å². The van der Waals surface area contributed by atoms with Crippen LogP contribution in [0.1, 0.15) is 22.9 Å². The number of para-hydroxylation sites is 1. The minimum absolute atomic E-state index is 0.337. The van der Waals surface area contributed by atoms with E-state index in [0.717, 1.165) is 16.5 Å². The van der Waals surface area contributed by atoms with Gasteiger partial charge in [0.1, 0.15) is 5.76 Å². The Morgan fingerprint density at radius 3 is 2.60 bits per heavy atom. The third-order valence-corrected chi connectivity index (χ3v) is 3.92. The van der Waals surface area contributed by atoms with Gasteiger partial charge in [0.2, 0.25) is 0 Å². The van der Waals surface area contributed by atoms with Crippen molar-refractivity contribution in [2.24, 2.45) is 5.73 Å². The van der Waals surface area contributed by atoms with Gasteiger partial charge in [-0.3, -0.25) is 0 Å². The zero-order chi connectivity index (χ0) is 14.3. The molecule has 0 spiro atoms. The summed E-state index contributed by atoms with van der Waals surface area (Å²) in [4.78, 5) is 0. The summed E-state index contributed by atoms with van der Waals surface area (Å²) < 4.78 is 5.81. The molecule has 0 aliphatic carbocycles. The first kappa shape index (κ1) is 13.5. The highest BCUT2D eigenvalue weighted by Crippen LogP contribution is 2.32. The van der Waals surface area contributed by atoms with E-state index in [2.05, 4.69) is 0 Å². The lowest BCUT2D eigenvalue weighted by Gasteiger charge is -2.12. The Hall–Kier alpha value is -1.48. The van der Waals surface area contributed by atoms with Crippen LogP contribution in [0.4, 0.5) is 0 Å². The molecule has 4 heteroatoms. The fraction of sp³-hybridized carbons (Fsp3) is 0.125. The zero-order valence-corrected chi connectivity index (χ0v) is 12.4. The predicted molar refractivity (Wildman–Crippen MR) is 83.4 cm³/mol. The quantitative estimate of drug-likeness (QED) is 0.715. The summed E-state index contributed by atoms with van der Waals surface area (Å²) in [6.07, 6.45) is 0. The summed E-state index contributed by atoms with van der Waals surface area (Å²) in [7, 11) is 0. The molecule has 0 saturated heterocycles. The largest absolute Gasteiger partial charge is 0.457 e. The maximum atomic E-state index is 6.30. The minimum Gasteiger partial charge on any atom is -0.457 e. The zero-order valence-electron chi connectivity index (χ0n) is 10.9. The van der Waals surface area contributed by atoms with Gasteiger partial charge in [0, 0.05) is 10.4 Å². The summed E-state index contributed by atoms with van der Waals surface area (Å²) in [5.41, 5.74) is 9.00. The van der Waals surface area contributed by atoms with Crippen LogP contribution in [-0.4, -0.2) is 0 Å². The molecule has 3 aromatic rings. The lowest BCUT2D eigenvalue weighted by Crippen LogP contribution is -2.12. The highest BCUT2D eigenvalue weighted by molar-refractivity contribution is 6.34. The van der Waals surface area contributed by atoms with Crippen LogP contribution in [0.5, 0.6) is 0 Å². The highest BCUT2D eigenvalue weighted by Gasteiger charge is 2.17.